The van der Waals surface area contributed by atoms with E-state index in [9.17, 15) is 4.79 Å². The van der Waals surface area contributed by atoms with Crippen molar-refractivity contribution in [1.82, 2.24) is 4.90 Å². The highest BCUT2D eigenvalue weighted by molar-refractivity contribution is 7.80. The molecule has 1 amide bonds. The van der Waals surface area contributed by atoms with Crippen LogP contribution in [0.5, 0.6) is 0 Å². The summed E-state index contributed by atoms with van der Waals surface area (Å²) in [6, 6.07) is 9.47. The highest BCUT2D eigenvalue weighted by atomic mass is 32.1. The second-order valence-electron chi connectivity index (χ2n) is 4.99. The number of hydrogen-bond donors (Lipinski definition) is 1. The number of nitrogens with zero attached hydrogens (tertiary/aromatic N) is 1. The molecule has 1 atom stereocenters. The molecule has 0 aliphatic rings. The molecule has 0 saturated carbocycles. The number of likely N-dealkylation sites (N-methyl/N-ethyl adjacent to an activating group) is 1. The summed E-state index contributed by atoms with van der Waals surface area (Å²) in [4.78, 5) is 14.5. The van der Waals surface area contributed by atoms with Crippen LogP contribution in [-0.2, 0) is 10.2 Å². The van der Waals surface area contributed by atoms with Crippen LogP contribution in [0.15, 0.2) is 30.3 Å². The van der Waals surface area contributed by atoms with Gasteiger partial charge in [-0.2, -0.15) is 0 Å². The van der Waals surface area contributed by atoms with Crippen LogP contribution < -0.4 is 5.73 Å². The van der Waals surface area contributed by atoms with Gasteiger partial charge in [0.2, 0.25) is 5.91 Å². The van der Waals surface area contributed by atoms with E-state index in [-0.39, 0.29) is 11.9 Å². The van der Waals surface area contributed by atoms with Crippen molar-refractivity contribution in [1.29, 1.82) is 0 Å². The van der Waals surface area contributed by atoms with Crippen LogP contribution in [0.3, 0.4) is 0 Å². The molecule has 18 heavy (non-hydrogen) atoms. The molecule has 0 heterocycles. The van der Waals surface area contributed by atoms with Gasteiger partial charge in [0.1, 0.15) is 0 Å². The molecule has 0 saturated heterocycles. The van der Waals surface area contributed by atoms with Gasteiger partial charge in [0.05, 0.1) is 16.4 Å². The van der Waals surface area contributed by atoms with Gasteiger partial charge in [-0.1, -0.05) is 42.5 Å². The first-order chi connectivity index (χ1) is 8.28. The summed E-state index contributed by atoms with van der Waals surface area (Å²) in [6.07, 6.45) is 0. The van der Waals surface area contributed by atoms with E-state index in [1.165, 1.54) is 0 Å². The van der Waals surface area contributed by atoms with E-state index >= 15 is 0 Å². The summed E-state index contributed by atoms with van der Waals surface area (Å²) >= 11 is 4.94. The molecule has 1 unspecified atom stereocenters. The number of thiocarbonyl (C=S) groups is 1. The van der Waals surface area contributed by atoms with E-state index in [4.69, 9.17) is 18.0 Å². The quantitative estimate of drug-likeness (QED) is 0.847. The van der Waals surface area contributed by atoms with Crippen molar-refractivity contribution in [2.24, 2.45) is 5.73 Å². The Kier molecular flexibility index (Phi) is 4.46. The number of hydrogen-bond acceptors (Lipinski definition) is 2. The standard InChI is InChI=1S/C14H20N2OS/c1-10(12(15)18)16(4)13(17)14(2,3)11-8-6-5-7-9-11/h5-10H,1-4H3,(H2,15,18). The molecule has 0 radical (unpaired) electrons. The van der Waals surface area contributed by atoms with Crippen LogP contribution in [-0.4, -0.2) is 28.9 Å². The molecule has 4 heteroatoms. The lowest BCUT2D eigenvalue weighted by Crippen LogP contribution is -2.49. The topological polar surface area (TPSA) is 46.3 Å². The second-order valence-corrected chi connectivity index (χ2v) is 5.46. The van der Waals surface area contributed by atoms with Crippen molar-refractivity contribution in [3.05, 3.63) is 35.9 Å². The minimum absolute atomic E-state index is 0.00833. The second kappa shape index (κ2) is 5.48. The highest BCUT2D eigenvalue weighted by Crippen LogP contribution is 2.25. The van der Waals surface area contributed by atoms with Crippen molar-refractivity contribution in [2.75, 3.05) is 7.05 Å². The number of benzene rings is 1. The van der Waals surface area contributed by atoms with Gasteiger partial charge in [-0.05, 0) is 26.3 Å². The molecule has 0 spiro atoms. The molecular formula is C14H20N2OS. The van der Waals surface area contributed by atoms with Crippen molar-refractivity contribution in [3.63, 3.8) is 0 Å². The number of amides is 1. The Morgan fingerprint density at radius 2 is 1.83 bits per heavy atom. The van der Waals surface area contributed by atoms with Crippen LogP contribution in [0.2, 0.25) is 0 Å². The summed E-state index contributed by atoms with van der Waals surface area (Å²) in [5.74, 6) is 0.00833. The number of nitrogens with two attached hydrogens (primary N) is 1. The predicted octanol–water partition coefficient (Wildman–Crippen LogP) is 2.10. The van der Waals surface area contributed by atoms with E-state index in [1.54, 1.807) is 11.9 Å². The molecule has 1 aromatic carbocycles. The zero-order valence-corrected chi connectivity index (χ0v) is 12.1. The molecule has 1 rings (SSSR count). The Morgan fingerprint density at radius 1 is 1.33 bits per heavy atom. The Bertz CT molecular complexity index is 442. The number of carbonyl (C=O) groups excluding carboxylic acids is 1. The van der Waals surface area contributed by atoms with Gasteiger partial charge in [-0.25, -0.2) is 0 Å². The SMILES string of the molecule is CC(C(N)=S)N(C)C(=O)C(C)(C)c1ccccc1. The molecule has 2 N–H and O–H groups in total. The number of carbonyl (C=O) groups is 1. The third-order valence-electron chi connectivity index (χ3n) is 3.34. The first-order valence-electron chi connectivity index (χ1n) is 5.90. The smallest absolute Gasteiger partial charge is 0.232 e. The summed E-state index contributed by atoms with van der Waals surface area (Å²) in [5.41, 5.74) is 5.99. The van der Waals surface area contributed by atoms with Gasteiger partial charge >= 0.3 is 0 Å². The van der Waals surface area contributed by atoms with Gasteiger partial charge in [0, 0.05) is 7.05 Å². The van der Waals surface area contributed by atoms with Crippen LogP contribution in [0.1, 0.15) is 26.3 Å². The average Bonchev–Trinajstić information content (AvgIpc) is 2.36. The zero-order chi connectivity index (χ0) is 13.9. The minimum atomic E-state index is -0.588. The first-order valence-corrected chi connectivity index (χ1v) is 6.31. The maximum Gasteiger partial charge on any atom is 0.232 e. The Hall–Kier alpha value is -1.42. The van der Waals surface area contributed by atoms with Gasteiger partial charge in [0.25, 0.3) is 0 Å². The van der Waals surface area contributed by atoms with E-state index in [1.807, 2.05) is 51.1 Å². The summed E-state index contributed by atoms with van der Waals surface area (Å²) < 4.78 is 0. The molecule has 0 aliphatic heterocycles. The molecule has 3 nitrogen and oxygen atoms in total. The van der Waals surface area contributed by atoms with Crippen LogP contribution in [0.4, 0.5) is 0 Å². The maximum atomic E-state index is 12.5. The van der Waals surface area contributed by atoms with Gasteiger partial charge < -0.3 is 10.6 Å². The lowest BCUT2D eigenvalue weighted by atomic mass is 9.83. The molecule has 0 fully saturated rings. The van der Waals surface area contributed by atoms with Crippen LogP contribution >= 0.6 is 12.2 Å². The third-order valence-corrected chi connectivity index (χ3v) is 3.68. The first kappa shape index (κ1) is 14.6. The lowest BCUT2D eigenvalue weighted by Gasteiger charge is -2.33. The Morgan fingerprint density at radius 3 is 2.28 bits per heavy atom. The lowest BCUT2D eigenvalue weighted by molar-refractivity contribution is -0.135. The van der Waals surface area contributed by atoms with Gasteiger partial charge in [0.15, 0.2) is 0 Å². The zero-order valence-electron chi connectivity index (χ0n) is 11.3. The summed E-state index contributed by atoms with van der Waals surface area (Å²) in [5, 5.41) is 0. The van der Waals surface area contributed by atoms with E-state index in [0.29, 0.717) is 4.99 Å². The van der Waals surface area contributed by atoms with Crippen molar-refractivity contribution in [3.8, 4) is 0 Å². The van der Waals surface area contributed by atoms with Crippen LogP contribution in [0, 0.1) is 0 Å². The average molecular weight is 264 g/mol. The normalized spacial score (nSPS) is 12.9. The minimum Gasteiger partial charge on any atom is -0.392 e. The van der Waals surface area contributed by atoms with Gasteiger partial charge in [-0.15, -0.1) is 0 Å². The predicted molar refractivity (Wildman–Crippen MR) is 78.5 cm³/mol. The van der Waals surface area contributed by atoms with E-state index < -0.39 is 5.41 Å². The third kappa shape index (κ3) is 2.88. The molecule has 0 aliphatic carbocycles. The summed E-state index contributed by atoms with van der Waals surface area (Å²) in [6.45, 7) is 5.65. The van der Waals surface area contributed by atoms with Crippen molar-refractivity contribution in [2.45, 2.75) is 32.2 Å². The fourth-order valence-corrected chi connectivity index (χ4v) is 1.94. The van der Waals surface area contributed by atoms with Gasteiger partial charge in [-0.3, -0.25) is 4.79 Å². The number of rotatable bonds is 4. The molecule has 98 valence electrons. The van der Waals surface area contributed by atoms with Crippen molar-refractivity contribution < 1.29 is 4.79 Å². The Balaban J connectivity index is 2.99. The fourth-order valence-electron chi connectivity index (χ4n) is 1.79. The molecule has 1 aromatic rings. The molecular weight excluding hydrogens is 244 g/mol. The largest absolute Gasteiger partial charge is 0.392 e. The highest BCUT2D eigenvalue weighted by Gasteiger charge is 2.34. The van der Waals surface area contributed by atoms with E-state index in [0.717, 1.165) is 5.56 Å². The Labute approximate surface area is 114 Å². The summed E-state index contributed by atoms with van der Waals surface area (Å²) in [7, 11) is 1.73. The monoisotopic (exact) mass is 264 g/mol. The maximum absolute atomic E-state index is 12.5. The van der Waals surface area contributed by atoms with E-state index in [2.05, 4.69) is 0 Å². The van der Waals surface area contributed by atoms with Crippen molar-refractivity contribution >= 4 is 23.1 Å². The fraction of sp³-hybridized carbons (Fsp3) is 0.429. The molecule has 0 bridgehead atoms. The van der Waals surface area contributed by atoms with Crippen LogP contribution in [0.25, 0.3) is 0 Å². The molecule has 0 aromatic heterocycles.